The number of carbonyl (C=O) groups excluding carboxylic acids is 1. The van der Waals surface area contributed by atoms with Gasteiger partial charge in [-0.1, -0.05) is 35.5 Å². The van der Waals surface area contributed by atoms with Crippen LogP contribution in [-0.4, -0.2) is 31.4 Å². The van der Waals surface area contributed by atoms with Gasteiger partial charge >= 0.3 is 0 Å². The molecular formula is C20H20ClN5OS. The van der Waals surface area contributed by atoms with E-state index in [4.69, 9.17) is 11.6 Å². The number of allylic oxidation sites excluding steroid dienone is 1. The highest BCUT2D eigenvalue weighted by Gasteiger charge is 2.14. The van der Waals surface area contributed by atoms with E-state index in [9.17, 15) is 4.79 Å². The predicted octanol–water partition coefficient (Wildman–Crippen LogP) is 4.61. The number of hydrogen-bond donors (Lipinski definition) is 1. The van der Waals surface area contributed by atoms with Crippen LogP contribution in [0.1, 0.15) is 12.0 Å². The van der Waals surface area contributed by atoms with Gasteiger partial charge in [0.1, 0.15) is 0 Å². The summed E-state index contributed by atoms with van der Waals surface area (Å²) in [6, 6.07) is 9.23. The molecule has 28 heavy (non-hydrogen) atoms. The number of benzene rings is 1. The van der Waals surface area contributed by atoms with Crippen molar-refractivity contribution in [2.75, 3.05) is 11.1 Å². The Bertz CT molecular complexity index is 974. The van der Waals surface area contributed by atoms with Crippen LogP contribution in [0.2, 0.25) is 5.02 Å². The summed E-state index contributed by atoms with van der Waals surface area (Å²) in [7, 11) is 0. The maximum atomic E-state index is 12.3. The molecular weight excluding hydrogens is 394 g/mol. The number of nitrogens with zero attached hydrogens (tertiary/aromatic N) is 4. The van der Waals surface area contributed by atoms with E-state index in [1.54, 1.807) is 30.6 Å². The van der Waals surface area contributed by atoms with Gasteiger partial charge in [0, 0.05) is 47.4 Å². The lowest BCUT2D eigenvalue weighted by molar-refractivity contribution is -0.115. The molecule has 2 heterocycles. The lowest BCUT2D eigenvalue weighted by Crippen LogP contribution is -2.13. The van der Waals surface area contributed by atoms with Gasteiger partial charge in [0.05, 0.1) is 0 Å². The number of amides is 1. The molecule has 0 aliphatic heterocycles. The highest BCUT2D eigenvalue weighted by molar-refractivity contribution is 7.99. The predicted molar refractivity (Wildman–Crippen MR) is 114 cm³/mol. The van der Waals surface area contributed by atoms with Crippen molar-refractivity contribution in [3.05, 3.63) is 66.0 Å². The Morgan fingerprint density at radius 3 is 2.96 bits per heavy atom. The zero-order valence-electron chi connectivity index (χ0n) is 15.4. The third-order valence-corrected chi connectivity index (χ3v) is 5.19. The highest BCUT2D eigenvalue weighted by Crippen LogP contribution is 2.25. The second-order valence-electron chi connectivity index (χ2n) is 6.05. The fourth-order valence-electron chi connectivity index (χ4n) is 2.57. The maximum absolute atomic E-state index is 12.3. The van der Waals surface area contributed by atoms with Crippen LogP contribution in [0.15, 0.2) is 60.5 Å². The van der Waals surface area contributed by atoms with Crippen LogP contribution < -0.4 is 5.32 Å². The standard InChI is InChI=1S/C20H20ClN5OS/c1-3-10-26-19(15-5-4-9-22-13-15)24-25-20(26)28-11-8-18(27)23-17-12-16(21)7-6-14(17)2/h3-7,9,12-13H,1,8,10-11H2,2H3,(H,23,27). The Morgan fingerprint density at radius 2 is 2.21 bits per heavy atom. The van der Waals surface area contributed by atoms with E-state index in [0.29, 0.717) is 23.7 Å². The molecule has 144 valence electrons. The van der Waals surface area contributed by atoms with E-state index >= 15 is 0 Å². The van der Waals surface area contributed by atoms with Crippen molar-refractivity contribution in [1.29, 1.82) is 0 Å². The molecule has 0 radical (unpaired) electrons. The lowest BCUT2D eigenvalue weighted by atomic mass is 10.2. The third kappa shape index (κ3) is 4.99. The normalized spacial score (nSPS) is 10.6. The van der Waals surface area contributed by atoms with Gasteiger partial charge in [-0.15, -0.1) is 16.8 Å². The molecule has 0 aliphatic carbocycles. The average molecular weight is 414 g/mol. The second kappa shape index (κ2) is 9.52. The summed E-state index contributed by atoms with van der Waals surface area (Å²) in [5.74, 6) is 1.24. The quantitative estimate of drug-likeness (QED) is 0.431. The molecule has 0 unspecified atom stereocenters. The van der Waals surface area contributed by atoms with Crippen molar-refractivity contribution < 1.29 is 4.79 Å². The summed E-state index contributed by atoms with van der Waals surface area (Å²) in [5.41, 5.74) is 2.59. The number of hydrogen-bond acceptors (Lipinski definition) is 5. The van der Waals surface area contributed by atoms with Crippen LogP contribution >= 0.6 is 23.4 Å². The van der Waals surface area contributed by atoms with Gasteiger partial charge in [0.25, 0.3) is 0 Å². The minimum Gasteiger partial charge on any atom is -0.326 e. The number of halogens is 1. The van der Waals surface area contributed by atoms with E-state index in [2.05, 4.69) is 27.1 Å². The second-order valence-corrected chi connectivity index (χ2v) is 7.55. The topological polar surface area (TPSA) is 72.7 Å². The molecule has 2 aromatic heterocycles. The van der Waals surface area contributed by atoms with Crippen molar-refractivity contribution >= 4 is 35.0 Å². The van der Waals surface area contributed by atoms with E-state index in [1.165, 1.54) is 11.8 Å². The number of carbonyl (C=O) groups is 1. The highest BCUT2D eigenvalue weighted by atomic mass is 35.5. The Balaban J connectivity index is 1.63. The van der Waals surface area contributed by atoms with Gasteiger partial charge < -0.3 is 5.32 Å². The minimum atomic E-state index is -0.0693. The molecule has 0 spiro atoms. The summed E-state index contributed by atoms with van der Waals surface area (Å²) in [4.78, 5) is 16.4. The van der Waals surface area contributed by atoms with E-state index in [-0.39, 0.29) is 5.91 Å². The first-order chi connectivity index (χ1) is 13.6. The van der Waals surface area contributed by atoms with E-state index in [0.717, 1.165) is 27.8 Å². The summed E-state index contributed by atoms with van der Waals surface area (Å²) < 4.78 is 1.97. The molecule has 1 amide bonds. The lowest BCUT2D eigenvalue weighted by Gasteiger charge is -2.09. The fraction of sp³-hybridized carbons (Fsp3) is 0.200. The largest absolute Gasteiger partial charge is 0.326 e. The number of thioether (sulfide) groups is 1. The number of aryl methyl sites for hydroxylation is 1. The first-order valence-corrected chi connectivity index (χ1v) is 10.1. The first-order valence-electron chi connectivity index (χ1n) is 8.72. The summed E-state index contributed by atoms with van der Waals surface area (Å²) in [5, 5.41) is 12.8. The van der Waals surface area contributed by atoms with Gasteiger partial charge in [-0.3, -0.25) is 14.3 Å². The minimum absolute atomic E-state index is 0.0693. The SMILES string of the molecule is C=CCn1c(SCCC(=O)Nc2cc(Cl)ccc2C)nnc1-c1cccnc1. The summed E-state index contributed by atoms with van der Waals surface area (Å²) >= 11 is 7.48. The number of nitrogens with one attached hydrogen (secondary N) is 1. The smallest absolute Gasteiger partial charge is 0.225 e. The van der Waals surface area contributed by atoms with Crippen LogP contribution in [0, 0.1) is 6.92 Å². The van der Waals surface area contributed by atoms with Gasteiger partial charge in [0.15, 0.2) is 11.0 Å². The van der Waals surface area contributed by atoms with Crippen molar-refractivity contribution in [1.82, 2.24) is 19.7 Å². The van der Waals surface area contributed by atoms with Crippen molar-refractivity contribution in [2.24, 2.45) is 0 Å². The van der Waals surface area contributed by atoms with Gasteiger partial charge in [-0.2, -0.15) is 0 Å². The molecule has 0 fully saturated rings. The Kier molecular flexibility index (Phi) is 6.84. The van der Waals surface area contributed by atoms with Gasteiger partial charge in [0.2, 0.25) is 5.91 Å². The van der Waals surface area contributed by atoms with E-state index < -0.39 is 0 Å². The summed E-state index contributed by atoms with van der Waals surface area (Å²) in [6.45, 7) is 6.31. The molecule has 0 saturated heterocycles. The number of anilines is 1. The average Bonchev–Trinajstić information content (AvgIpc) is 3.08. The van der Waals surface area contributed by atoms with Gasteiger partial charge in [-0.05, 0) is 36.8 Å². The number of pyridine rings is 1. The molecule has 1 aromatic carbocycles. The molecule has 0 aliphatic rings. The van der Waals surface area contributed by atoms with Crippen LogP contribution in [0.4, 0.5) is 5.69 Å². The molecule has 0 bridgehead atoms. The van der Waals surface area contributed by atoms with Crippen LogP contribution in [0.25, 0.3) is 11.4 Å². The molecule has 3 aromatic rings. The Hall–Kier alpha value is -2.64. The monoisotopic (exact) mass is 413 g/mol. The number of rotatable bonds is 8. The van der Waals surface area contributed by atoms with E-state index in [1.807, 2.05) is 29.7 Å². The maximum Gasteiger partial charge on any atom is 0.225 e. The molecule has 3 rings (SSSR count). The van der Waals surface area contributed by atoms with Crippen LogP contribution in [0.5, 0.6) is 0 Å². The zero-order valence-corrected chi connectivity index (χ0v) is 17.0. The van der Waals surface area contributed by atoms with Crippen molar-refractivity contribution in [3.8, 4) is 11.4 Å². The Morgan fingerprint density at radius 1 is 1.36 bits per heavy atom. The van der Waals surface area contributed by atoms with Crippen LogP contribution in [0.3, 0.4) is 0 Å². The summed E-state index contributed by atoms with van der Waals surface area (Å²) in [6.07, 6.45) is 5.61. The van der Waals surface area contributed by atoms with Crippen LogP contribution in [-0.2, 0) is 11.3 Å². The third-order valence-electron chi connectivity index (χ3n) is 3.98. The fourth-order valence-corrected chi connectivity index (χ4v) is 3.63. The molecule has 0 atom stereocenters. The van der Waals surface area contributed by atoms with Crippen molar-refractivity contribution in [3.63, 3.8) is 0 Å². The number of aromatic nitrogens is 4. The van der Waals surface area contributed by atoms with Gasteiger partial charge in [-0.25, -0.2) is 0 Å². The molecule has 8 heteroatoms. The van der Waals surface area contributed by atoms with Crippen molar-refractivity contribution in [2.45, 2.75) is 25.0 Å². The molecule has 6 nitrogen and oxygen atoms in total. The zero-order chi connectivity index (χ0) is 19.9. The first kappa shape index (κ1) is 20.1. The molecule has 0 saturated carbocycles. The molecule has 1 N–H and O–H groups in total. The Labute approximate surface area is 173 Å².